The zero-order valence-corrected chi connectivity index (χ0v) is 15.5. The lowest BCUT2D eigenvalue weighted by molar-refractivity contribution is 0.101. The molecule has 2 N–H and O–H groups in total. The van der Waals surface area contributed by atoms with Gasteiger partial charge in [0.2, 0.25) is 0 Å². The van der Waals surface area contributed by atoms with Crippen molar-refractivity contribution in [3.05, 3.63) is 76.0 Å². The quantitative estimate of drug-likeness (QED) is 0.622. The van der Waals surface area contributed by atoms with Gasteiger partial charge in [-0.3, -0.25) is 9.59 Å². The Morgan fingerprint density at radius 3 is 2.64 bits per heavy atom. The molecule has 0 atom stereocenters. The van der Waals surface area contributed by atoms with E-state index in [1.165, 1.54) is 19.2 Å². The maximum Gasteiger partial charge on any atom is 0.274 e. The molecule has 5 nitrogen and oxygen atoms in total. The molecule has 4 rings (SSSR count). The van der Waals surface area contributed by atoms with Gasteiger partial charge in [-0.2, -0.15) is 5.10 Å². The third kappa shape index (κ3) is 3.71. The predicted molar refractivity (Wildman–Crippen MR) is 106 cm³/mol. The van der Waals surface area contributed by atoms with Crippen LogP contribution >= 0.6 is 0 Å². The smallest absolute Gasteiger partial charge is 0.274 e. The third-order valence-corrected chi connectivity index (χ3v) is 4.98. The zero-order chi connectivity index (χ0) is 19.7. The van der Waals surface area contributed by atoms with E-state index in [1.54, 1.807) is 6.07 Å². The van der Waals surface area contributed by atoms with Crippen LogP contribution in [0, 0.1) is 11.7 Å². The molecule has 6 heteroatoms. The molecule has 0 amide bonds. The molecule has 1 aliphatic rings. The summed E-state index contributed by atoms with van der Waals surface area (Å²) in [4.78, 5) is 24.3. The molecule has 142 valence electrons. The molecule has 1 fully saturated rings. The molecule has 2 aromatic carbocycles. The Labute approximate surface area is 161 Å². The summed E-state index contributed by atoms with van der Waals surface area (Å²) in [5, 5.41) is 9.51. The van der Waals surface area contributed by atoms with Gasteiger partial charge >= 0.3 is 0 Å². The van der Waals surface area contributed by atoms with Crippen LogP contribution < -0.4 is 10.9 Å². The number of halogens is 1. The van der Waals surface area contributed by atoms with Crippen molar-refractivity contribution in [2.24, 2.45) is 5.92 Å². The first-order chi connectivity index (χ1) is 13.5. The molecule has 0 unspecified atom stereocenters. The highest BCUT2D eigenvalue weighted by Gasteiger charge is 2.26. The van der Waals surface area contributed by atoms with Gasteiger partial charge in [0.05, 0.1) is 17.4 Å². The second-order valence-corrected chi connectivity index (χ2v) is 7.17. The lowest BCUT2D eigenvalue weighted by Gasteiger charge is -2.16. The van der Waals surface area contributed by atoms with Crippen molar-refractivity contribution in [1.29, 1.82) is 0 Å². The molecule has 1 aromatic heterocycles. The molecule has 1 saturated carbocycles. The van der Waals surface area contributed by atoms with Crippen molar-refractivity contribution in [2.75, 3.05) is 5.32 Å². The summed E-state index contributed by atoms with van der Waals surface area (Å²) in [6, 6.07) is 12.1. The number of nitrogens with one attached hydrogen (secondary N) is 2. The molecule has 3 aromatic rings. The van der Waals surface area contributed by atoms with Crippen LogP contribution in [0.1, 0.15) is 35.7 Å². The number of nitrogens with zero attached hydrogens (tertiary/aromatic N) is 1. The molecule has 0 bridgehead atoms. The fourth-order valence-corrected chi connectivity index (χ4v) is 3.30. The van der Waals surface area contributed by atoms with E-state index in [0.717, 1.165) is 18.4 Å². The monoisotopic (exact) mass is 377 g/mol. The molecule has 1 heterocycles. The van der Waals surface area contributed by atoms with Crippen molar-refractivity contribution in [3.63, 3.8) is 0 Å². The van der Waals surface area contributed by atoms with E-state index < -0.39 is 5.82 Å². The van der Waals surface area contributed by atoms with Crippen LogP contribution in [-0.4, -0.2) is 16.0 Å². The number of carbonyl (C=O) groups excluding carboxylic acids is 1. The van der Waals surface area contributed by atoms with Crippen molar-refractivity contribution >= 4 is 17.2 Å². The maximum atomic E-state index is 14.8. The average Bonchev–Trinajstić information content (AvgIpc) is 3.49. The van der Waals surface area contributed by atoms with Crippen LogP contribution in [0.2, 0.25) is 0 Å². The van der Waals surface area contributed by atoms with Crippen LogP contribution in [0.15, 0.2) is 53.5 Å². The van der Waals surface area contributed by atoms with E-state index in [9.17, 15) is 14.0 Å². The zero-order valence-electron chi connectivity index (χ0n) is 15.5. The molecule has 28 heavy (non-hydrogen) atoms. The van der Waals surface area contributed by atoms with Gasteiger partial charge in [0, 0.05) is 16.8 Å². The minimum atomic E-state index is -0.402. The Balaban J connectivity index is 1.82. The van der Waals surface area contributed by atoms with Gasteiger partial charge in [-0.1, -0.05) is 30.3 Å². The molecule has 0 saturated heterocycles. The van der Waals surface area contributed by atoms with Gasteiger partial charge in [-0.25, -0.2) is 9.49 Å². The lowest BCUT2D eigenvalue weighted by Crippen LogP contribution is -2.14. The normalized spacial score (nSPS) is 13.4. The van der Waals surface area contributed by atoms with Crippen LogP contribution in [0.3, 0.4) is 0 Å². The van der Waals surface area contributed by atoms with Gasteiger partial charge in [0.1, 0.15) is 5.82 Å². The van der Waals surface area contributed by atoms with E-state index >= 15 is 0 Å². The Hall–Kier alpha value is -3.28. The van der Waals surface area contributed by atoms with E-state index in [4.69, 9.17) is 0 Å². The number of carbonyl (C=O) groups is 1. The Bertz CT molecular complexity index is 1090. The summed E-state index contributed by atoms with van der Waals surface area (Å²) >= 11 is 0. The number of aromatic nitrogens is 2. The summed E-state index contributed by atoms with van der Waals surface area (Å²) in [5.41, 5.74) is 2.59. The van der Waals surface area contributed by atoms with Crippen molar-refractivity contribution < 1.29 is 9.18 Å². The molecule has 0 spiro atoms. The summed E-state index contributed by atoms with van der Waals surface area (Å²) in [7, 11) is 0. The van der Waals surface area contributed by atoms with Gasteiger partial charge < -0.3 is 5.32 Å². The number of ketones is 1. The number of Topliss-reactive ketones (excluding diaryl/α,β-unsaturated/α-hetero) is 1. The standard InChI is InChI=1S/C22H20FN3O2/c1-13(27)16-10-18(23)17(9-14-7-8-14)19(11-16)25-20-12-24-26-22(28)21(20)15-5-3-2-4-6-15/h2-6,10-12,14H,7-9H2,1H3,(H2,25,26,28). The number of rotatable bonds is 6. The number of benzene rings is 2. The Morgan fingerprint density at radius 2 is 1.96 bits per heavy atom. The average molecular weight is 377 g/mol. The first kappa shape index (κ1) is 18.1. The summed E-state index contributed by atoms with van der Waals surface area (Å²) in [5.74, 6) is -0.155. The van der Waals surface area contributed by atoms with Gasteiger partial charge in [0.25, 0.3) is 5.56 Å². The summed E-state index contributed by atoms with van der Waals surface area (Å²) < 4.78 is 14.8. The Kier molecular flexibility index (Phi) is 4.77. The SMILES string of the molecule is CC(=O)c1cc(F)c(CC2CC2)c(Nc2cn[nH]c(=O)c2-c2ccccc2)c1. The highest BCUT2D eigenvalue weighted by Crippen LogP contribution is 2.37. The highest BCUT2D eigenvalue weighted by atomic mass is 19.1. The minimum Gasteiger partial charge on any atom is -0.353 e. The molecule has 1 aliphatic carbocycles. The first-order valence-electron chi connectivity index (χ1n) is 9.26. The van der Waals surface area contributed by atoms with E-state index in [1.807, 2.05) is 30.3 Å². The first-order valence-corrected chi connectivity index (χ1v) is 9.26. The fraction of sp³-hybridized carbons (Fsp3) is 0.227. The number of aromatic amines is 1. The van der Waals surface area contributed by atoms with E-state index in [-0.39, 0.29) is 11.3 Å². The highest BCUT2D eigenvalue weighted by molar-refractivity contribution is 5.95. The van der Waals surface area contributed by atoms with Gasteiger partial charge in [-0.05, 0) is 49.8 Å². The minimum absolute atomic E-state index is 0.216. The second kappa shape index (κ2) is 7.38. The summed E-state index contributed by atoms with van der Waals surface area (Å²) in [6.07, 6.45) is 4.26. The van der Waals surface area contributed by atoms with Crippen molar-refractivity contribution in [3.8, 4) is 11.1 Å². The topological polar surface area (TPSA) is 74.8 Å². The van der Waals surface area contributed by atoms with Crippen molar-refractivity contribution in [2.45, 2.75) is 26.2 Å². The Morgan fingerprint density at radius 1 is 1.21 bits per heavy atom. The molecular weight excluding hydrogens is 357 g/mol. The van der Waals surface area contributed by atoms with Crippen LogP contribution in [-0.2, 0) is 6.42 Å². The van der Waals surface area contributed by atoms with E-state index in [0.29, 0.717) is 40.4 Å². The number of anilines is 2. The van der Waals surface area contributed by atoms with Crippen LogP contribution in [0.25, 0.3) is 11.1 Å². The van der Waals surface area contributed by atoms with Crippen LogP contribution in [0.5, 0.6) is 0 Å². The maximum absolute atomic E-state index is 14.8. The predicted octanol–water partition coefficient (Wildman–Crippen LogP) is 4.47. The van der Waals surface area contributed by atoms with Crippen molar-refractivity contribution in [1.82, 2.24) is 10.2 Å². The van der Waals surface area contributed by atoms with Gasteiger partial charge in [0.15, 0.2) is 5.78 Å². The molecular formula is C22H20FN3O2. The molecule has 0 aliphatic heterocycles. The van der Waals surface area contributed by atoms with Crippen LogP contribution in [0.4, 0.5) is 15.8 Å². The van der Waals surface area contributed by atoms with Gasteiger partial charge in [-0.15, -0.1) is 0 Å². The fourth-order valence-electron chi connectivity index (χ4n) is 3.30. The number of hydrogen-bond acceptors (Lipinski definition) is 4. The number of H-pyrrole nitrogens is 1. The number of hydrogen-bond donors (Lipinski definition) is 2. The van der Waals surface area contributed by atoms with E-state index in [2.05, 4.69) is 15.5 Å². The largest absolute Gasteiger partial charge is 0.353 e. The summed E-state index contributed by atoms with van der Waals surface area (Å²) in [6.45, 7) is 1.41. The second-order valence-electron chi connectivity index (χ2n) is 7.17. The lowest BCUT2D eigenvalue weighted by atomic mass is 10.0. The third-order valence-electron chi connectivity index (χ3n) is 4.98. The molecule has 0 radical (unpaired) electrons.